The maximum Gasteiger partial charge on any atom is 0.311 e. The summed E-state index contributed by atoms with van der Waals surface area (Å²) in [6.45, 7) is 9.43. The standard InChI is InChI=1S/C15H23N3O5/c1-9(2)13-16-11(17-23-13)8-21-18-7-10(6-12(18)19)14(20)22-15(3,4)5/h9-10H,6-8H2,1-5H3. The molecule has 1 aromatic heterocycles. The van der Waals surface area contributed by atoms with E-state index in [1.54, 1.807) is 20.8 Å². The van der Waals surface area contributed by atoms with Crippen molar-refractivity contribution in [2.75, 3.05) is 6.54 Å². The van der Waals surface area contributed by atoms with Gasteiger partial charge in [-0.15, -0.1) is 0 Å². The fourth-order valence-electron chi connectivity index (χ4n) is 2.04. The second-order valence-corrected chi connectivity index (χ2v) is 6.87. The Balaban J connectivity index is 1.86. The van der Waals surface area contributed by atoms with E-state index in [1.807, 2.05) is 13.8 Å². The van der Waals surface area contributed by atoms with Crippen molar-refractivity contribution in [2.45, 2.75) is 59.2 Å². The van der Waals surface area contributed by atoms with E-state index in [4.69, 9.17) is 14.1 Å². The number of ether oxygens (including phenoxy) is 1. The third-order valence-corrected chi connectivity index (χ3v) is 3.15. The van der Waals surface area contributed by atoms with Gasteiger partial charge in [0.25, 0.3) is 0 Å². The predicted molar refractivity (Wildman–Crippen MR) is 78.8 cm³/mol. The van der Waals surface area contributed by atoms with E-state index >= 15 is 0 Å². The zero-order chi connectivity index (χ0) is 17.2. The molecule has 0 spiro atoms. The number of hydrogen-bond donors (Lipinski definition) is 0. The largest absolute Gasteiger partial charge is 0.460 e. The Hall–Kier alpha value is -1.96. The van der Waals surface area contributed by atoms with Crippen molar-refractivity contribution >= 4 is 11.9 Å². The maximum atomic E-state index is 12.0. The molecule has 0 bridgehead atoms. The lowest BCUT2D eigenvalue weighted by molar-refractivity contribution is -0.185. The van der Waals surface area contributed by atoms with Crippen molar-refractivity contribution in [1.29, 1.82) is 0 Å². The van der Waals surface area contributed by atoms with E-state index in [2.05, 4.69) is 10.1 Å². The molecule has 2 heterocycles. The number of hydrogen-bond acceptors (Lipinski definition) is 7. The highest BCUT2D eigenvalue weighted by molar-refractivity contribution is 5.86. The van der Waals surface area contributed by atoms with Crippen LogP contribution >= 0.6 is 0 Å². The zero-order valence-electron chi connectivity index (χ0n) is 14.2. The number of esters is 1. The molecule has 0 radical (unpaired) electrons. The molecule has 1 atom stereocenters. The summed E-state index contributed by atoms with van der Waals surface area (Å²) in [6, 6.07) is 0. The van der Waals surface area contributed by atoms with Crippen LogP contribution in [0.1, 0.15) is 58.7 Å². The summed E-state index contributed by atoms with van der Waals surface area (Å²) in [7, 11) is 0. The highest BCUT2D eigenvalue weighted by Gasteiger charge is 2.38. The van der Waals surface area contributed by atoms with Crippen molar-refractivity contribution in [1.82, 2.24) is 15.2 Å². The molecule has 1 aliphatic rings. The van der Waals surface area contributed by atoms with Gasteiger partial charge in [-0.2, -0.15) is 4.98 Å². The average molecular weight is 325 g/mol. The fraction of sp³-hybridized carbons (Fsp3) is 0.733. The fourth-order valence-corrected chi connectivity index (χ4v) is 2.04. The molecular weight excluding hydrogens is 302 g/mol. The van der Waals surface area contributed by atoms with Crippen LogP contribution in [-0.2, 0) is 25.8 Å². The summed E-state index contributed by atoms with van der Waals surface area (Å²) in [6.07, 6.45) is 0.0817. The van der Waals surface area contributed by atoms with Crippen molar-refractivity contribution in [3.05, 3.63) is 11.7 Å². The number of hydroxylamine groups is 2. The van der Waals surface area contributed by atoms with Gasteiger partial charge < -0.3 is 9.26 Å². The Morgan fingerprint density at radius 2 is 2.13 bits per heavy atom. The topological polar surface area (TPSA) is 94.8 Å². The molecule has 8 heteroatoms. The Labute approximate surface area is 135 Å². The Kier molecular flexibility index (Phi) is 5.03. The van der Waals surface area contributed by atoms with Gasteiger partial charge in [-0.25, -0.2) is 5.06 Å². The summed E-state index contributed by atoms with van der Waals surface area (Å²) in [4.78, 5) is 33.5. The number of nitrogens with zero attached hydrogens (tertiary/aromatic N) is 3. The third kappa shape index (κ3) is 4.75. The van der Waals surface area contributed by atoms with Crippen LogP contribution in [0.4, 0.5) is 0 Å². The van der Waals surface area contributed by atoms with Crippen LogP contribution in [0.15, 0.2) is 4.52 Å². The first-order chi connectivity index (χ1) is 10.7. The Bertz CT molecular complexity index is 576. The summed E-state index contributed by atoms with van der Waals surface area (Å²) >= 11 is 0. The van der Waals surface area contributed by atoms with Gasteiger partial charge in [0.1, 0.15) is 12.2 Å². The monoisotopic (exact) mass is 325 g/mol. The van der Waals surface area contributed by atoms with E-state index in [9.17, 15) is 9.59 Å². The van der Waals surface area contributed by atoms with Crippen LogP contribution in [0, 0.1) is 5.92 Å². The van der Waals surface area contributed by atoms with Gasteiger partial charge in [0.2, 0.25) is 11.8 Å². The van der Waals surface area contributed by atoms with Crippen LogP contribution in [0.25, 0.3) is 0 Å². The normalized spacial score (nSPS) is 18.8. The molecule has 128 valence electrons. The molecule has 1 aromatic rings. The highest BCUT2D eigenvalue weighted by Crippen LogP contribution is 2.22. The highest BCUT2D eigenvalue weighted by atomic mass is 16.7. The Morgan fingerprint density at radius 3 is 2.70 bits per heavy atom. The van der Waals surface area contributed by atoms with E-state index in [0.29, 0.717) is 11.7 Å². The van der Waals surface area contributed by atoms with Gasteiger partial charge in [-0.3, -0.25) is 14.4 Å². The minimum atomic E-state index is -0.577. The molecule has 1 unspecified atom stereocenters. The third-order valence-electron chi connectivity index (χ3n) is 3.15. The second kappa shape index (κ2) is 6.66. The smallest absolute Gasteiger partial charge is 0.311 e. The molecule has 0 aromatic carbocycles. The minimum Gasteiger partial charge on any atom is -0.460 e. The molecule has 8 nitrogen and oxygen atoms in total. The van der Waals surface area contributed by atoms with Crippen LogP contribution < -0.4 is 0 Å². The summed E-state index contributed by atoms with van der Waals surface area (Å²) in [5.41, 5.74) is -0.577. The number of carbonyl (C=O) groups excluding carboxylic acids is 2. The van der Waals surface area contributed by atoms with Crippen molar-refractivity contribution in [3.63, 3.8) is 0 Å². The van der Waals surface area contributed by atoms with E-state index in [0.717, 1.165) is 0 Å². The first kappa shape index (κ1) is 17.4. The lowest BCUT2D eigenvalue weighted by Gasteiger charge is -2.21. The van der Waals surface area contributed by atoms with Crippen LogP contribution in [-0.4, -0.2) is 39.2 Å². The molecule has 1 fully saturated rings. The minimum absolute atomic E-state index is 0.0169. The SMILES string of the molecule is CC(C)c1nc(CON2CC(C(=O)OC(C)(C)C)CC2=O)no1. The zero-order valence-corrected chi connectivity index (χ0v) is 14.2. The van der Waals surface area contributed by atoms with E-state index in [-0.39, 0.29) is 31.4 Å². The van der Waals surface area contributed by atoms with Gasteiger partial charge in [0.05, 0.1) is 12.5 Å². The van der Waals surface area contributed by atoms with Gasteiger partial charge in [0.15, 0.2) is 5.82 Å². The van der Waals surface area contributed by atoms with Gasteiger partial charge >= 0.3 is 5.97 Å². The molecule has 23 heavy (non-hydrogen) atoms. The number of rotatable bonds is 5. The van der Waals surface area contributed by atoms with Gasteiger partial charge in [-0.1, -0.05) is 19.0 Å². The summed E-state index contributed by atoms with van der Waals surface area (Å²) in [5.74, 6) is -0.156. The lowest BCUT2D eigenvalue weighted by atomic mass is 10.1. The van der Waals surface area contributed by atoms with Crippen molar-refractivity contribution in [2.24, 2.45) is 5.92 Å². The van der Waals surface area contributed by atoms with E-state index < -0.39 is 17.5 Å². The summed E-state index contributed by atoms with van der Waals surface area (Å²) in [5, 5.41) is 4.95. The van der Waals surface area contributed by atoms with Gasteiger partial charge in [-0.05, 0) is 20.8 Å². The Morgan fingerprint density at radius 1 is 1.43 bits per heavy atom. The molecule has 1 aliphatic heterocycles. The summed E-state index contributed by atoms with van der Waals surface area (Å²) < 4.78 is 10.4. The molecule has 0 aliphatic carbocycles. The molecule has 1 saturated heterocycles. The maximum absolute atomic E-state index is 12.0. The molecule has 1 amide bonds. The number of amides is 1. The van der Waals surface area contributed by atoms with Crippen LogP contribution in [0.3, 0.4) is 0 Å². The molecule has 0 saturated carbocycles. The molecular formula is C15H23N3O5. The van der Waals surface area contributed by atoms with Crippen LogP contribution in [0.2, 0.25) is 0 Å². The van der Waals surface area contributed by atoms with Crippen molar-refractivity contribution < 1.29 is 23.7 Å². The lowest BCUT2D eigenvalue weighted by Crippen LogP contribution is -2.31. The first-order valence-corrected chi connectivity index (χ1v) is 7.64. The van der Waals surface area contributed by atoms with Crippen molar-refractivity contribution in [3.8, 4) is 0 Å². The molecule has 0 N–H and O–H groups in total. The second-order valence-electron chi connectivity index (χ2n) is 6.87. The van der Waals surface area contributed by atoms with E-state index in [1.165, 1.54) is 5.06 Å². The van der Waals surface area contributed by atoms with Crippen LogP contribution in [0.5, 0.6) is 0 Å². The molecule has 2 rings (SSSR count). The predicted octanol–water partition coefficient (Wildman–Crippen LogP) is 1.81. The quantitative estimate of drug-likeness (QED) is 0.762. The number of aromatic nitrogens is 2. The first-order valence-electron chi connectivity index (χ1n) is 7.64. The van der Waals surface area contributed by atoms with Gasteiger partial charge in [0, 0.05) is 12.3 Å². The number of carbonyl (C=O) groups is 2. The average Bonchev–Trinajstić information content (AvgIpc) is 3.01.